The Balaban J connectivity index is 1.19. The zero-order valence-electron chi connectivity index (χ0n) is 29.6. The molecule has 54 heavy (non-hydrogen) atoms. The Hall–Kier alpha value is -7.16. The van der Waals surface area contributed by atoms with Gasteiger partial charge in [0.05, 0.1) is 0 Å². The van der Waals surface area contributed by atoms with E-state index < -0.39 is 0 Å². The van der Waals surface area contributed by atoms with E-state index in [-0.39, 0.29) is 0 Å². The Kier molecular flexibility index (Phi) is 7.85. The van der Waals surface area contributed by atoms with Crippen molar-refractivity contribution < 1.29 is 4.42 Å². The number of nitrogens with zero attached hydrogens (tertiary/aromatic N) is 1. The number of anilines is 3. The van der Waals surface area contributed by atoms with Crippen LogP contribution in [0.5, 0.6) is 0 Å². The van der Waals surface area contributed by atoms with Gasteiger partial charge in [-0.15, -0.1) is 0 Å². The average molecular weight is 690 g/mol. The molecule has 0 spiro atoms. The van der Waals surface area contributed by atoms with Crippen molar-refractivity contribution in [3.8, 4) is 44.5 Å². The SMILES string of the molecule is c1ccc(-c2ccc(-c3cc(N(c4ccc(-c5ccccc5)cc4)c4ccc(-c5ccccc5)cc4)cc4c3oc3c5ccccc5ccc43)cc2)cc1. The molecule has 0 saturated carbocycles. The summed E-state index contributed by atoms with van der Waals surface area (Å²) in [4.78, 5) is 2.37. The summed E-state index contributed by atoms with van der Waals surface area (Å²) in [6, 6.07) is 75.8. The third-order valence-corrected chi connectivity index (χ3v) is 10.5. The first kappa shape index (κ1) is 31.6. The van der Waals surface area contributed by atoms with Gasteiger partial charge in [-0.25, -0.2) is 0 Å². The third-order valence-electron chi connectivity index (χ3n) is 10.5. The molecule has 0 N–H and O–H groups in total. The highest BCUT2D eigenvalue weighted by molar-refractivity contribution is 6.18. The molecular formula is C52H35NO. The van der Waals surface area contributed by atoms with E-state index in [1.165, 1.54) is 33.4 Å². The summed E-state index contributed by atoms with van der Waals surface area (Å²) in [6.07, 6.45) is 0. The van der Waals surface area contributed by atoms with Crippen LogP contribution in [0, 0.1) is 0 Å². The van der Waals surface area contributed by atoms with Crippen LogP contribution in [0.2, 0.25) is 0 Å². The smallest absolute Gasteiger partial charge is 0.143 e. The maximum absolute atomic E-state index is 6.92. The van der Waals surface area contributed by atoms with Crippen LogP contribution >= 0.6 is 0 Å². The van der Waals surface area contributed by atoms with Crippen molar-refractivity contribution in [2.75, 3.05) is 4.90 Å². The molecule has 10 rings (SSSR count). The van der Waals surface area contributed by atoms with Gasteiger partial charge < -0.3 is 9.32 Å². The zero-order chi connectivity index (χ0) is 35.8. The van der Waals surface area contributed by atoms with Gasteiger partial charge in [0.2, 0.25) is 0 Å². The van der Waals surface area contributed by atoms with Crippen molar-refractivity contribution >= 4 is 49.8 Å². The fourth-order valence-corrected chi connectivity index (χ4v) is 7.72. The lowest BCUT2D eigenvalue weighted by molar-refractivity contribution is 0.674. The summed E-state index contributed by atoms with van der Waals surface area (Å²) in [6.45, 7) is 0. The van der Waals surface area contributed by atoms with E-state index >= 15 is 0 Å². The molecule has 0 aliphatic rings. The molecule has 0 fully saturated rings. The molecule has 0 bridgehead atoms. The van der Waals surface area contributed by atoms with Gasteiger partial charge in [-0.3, -0.25) is 0 Å². The number of furan rings is 1. The van der Waals surface area contributed by atoms with Crippen molar-refractivity contribution in [3.05, 3.63) is 212 Å². The van der Waals surface area contributed by atoms with Crippen LogP contribution in [0.3, 0.4) is 0 Å². The molecule has 9 aromatic carbocycles. The minimum absolute atomic E-state index is 0.886. The zero-order valence-corrected chi connectivity index (χ0v) is 29.6. The standard InChI is InChI=1S/C52H35NO/c1-4-12-36(13-5-1)39-20-22-43(23-21-39)49-34-46(35-50-48-33-28-42-18-10-11-19-47(42)51(48)54-52(49)50)53(44-29-24-40(25-30-44)37-14-6-2-7-15-37)45-31-26-41(27-32-45)38-16-8-3-9-17-38/h1-35H. The molecule has 254 valence electrons. The molecule has 0 saturated heterocycles. The minimum Gasteiger partial charge on any atom is -0.455 e. The van der Waals surface area contributed by atoms with Gasteiger partial charge in [0.15, 0.2) is 0 Å². The van der Waals surface area contributed by atoms with Crippen LogP contribution in [-0.4, -0.2) is 0 Å². The summed E-state index contributed by atoms with van der Waals surface area (Å²) in [5.74, 6) is 0. The maximum Gasteiger partial charge on any atom is 0.143 e. The molecule has 1 aromatic heterocycles. The number of hydrogen-bond acceptors (Lipinski definition) is 2. The molecule has 10 aromatic rings. The quantitative estimate of drug-likeness (QED) is 0.166. The fourth-order valence-electron chi connectivity index (χ4n) is 7.72. The second-order valence-electron chi connectivity index (χ2n) is 13.7. The van der Waals surface area contributed by atoms with Crippen LogP contribution in [0.15, 0.2) is 217 Å². The topological polar surface area (TPSA) is 16.4 Å². The highest BCUT2D eigenvalue weighted by atomic mass is 16.3. The van der Waals surface area contributed by atoms with E-state index in [2.05, 4.69) is 217 Å². The van der Waals surface area contributed by atoms with Crippen LogP contribution in [0.1, 0.15) is 0 Å². The summed E-state index contributed by atoms with van der Waals surface area (Å²) in [7, 11) is 0. The average Bonchev–Trinajstić information content (AvgIpc) is 3.64. The third kappa shape index (κ3) is 5.71. The van der Waals surface area contributed by atoms with Crippen LogP contribution < -0.4 is 4.90 Å². The first-order valence-electron chi connectivity index (χ1n) is 18.4. The van der Waals surface area contributed by atoms with Crippen LogP contribution in [0.25, 0.3) is 77.2 Å². The normalized spacial score (nSPS) is 11.3. The molecule has 0 amide bonds. The Morgan fingerprint density at radius 2 is 0.722 bits per heavy atom. The van der Waals surface area contributed by atoms with E-state index in [0.29, 0.717) is 0 Å². The van der Waals surface area contributed by atoms with Gasteiger partial charge in [-0.05, 0) is 86.8 Å². The van der Waals surface area contributed by atoms with E-state index in [1.54, 1.807) is 0 Å². The number of fused-ring (bicyclic) bond motifs is 5. The number of hydrogen-bond donors (Lipinski definition) is 0. The van der Waals surface area contributed by atoms with Gasteiger partial charge in [-0.2, -0.15) is 0 Å². The van der Waals surface area contributed by atoms with Crippen molar-refractivity contribution in [2.45, 2.75) is 0 Å². The summed E-state index contributed by atoms with van der Waals surface area (Å²) >= 11 is 0. The summed E-state index contributed by atoms with van der Waals surface area (Å²) < 4.78 is 6.92. The predicted molar refractivity (Wildman–Crippen MR) is 228 cm³/mol. The molecule has 2 heteroatoms. The predicted octanol–water partition coefficient (Wildman–Crippen LogP) is 14.9. The highest BCUT2D eigenvalue weighted by Crippen LogP contribution is 2.45. The largest absolute Gasteiger partial charge is 0.455 e. The Morgan fingerprint density at radius 1 is 0.278 bits per heavy atom. The number of benzene rings is 9. The van der Waals surface area contributed by atoms with Gasteiger partial charge in [0, 0.05) is 38.8 Å². The van der Waals surface area contributed by atoms with Crippen LogP contribution in [0.4, 0.5) is 17.1 Å². The lowest BCUT2D eigenvalue weighted by Gasteiger charge is -2.27. The second kappa shape index (κ2) is 13.4. The molecule has 0 unspecified atom stereocenters. The molecule has 0 atom stereocenters. The Labute approximate surface area is 314 Å². The van der Waals surface area contributed by atoms with Gasteiger partial charge >= 0.3 is 0 Å². The van der Waals surface area contributed by atoms with Gasteiger partial charge in [0.25, 0.3) is 0 Å². The first-order chi connectivity index (χ1) is 26.8. The van der Waals surface area contributed by atoms with Crippen LogP contribution in [-0.2, 0) is 0 Å². The van der Waals surface area contributed by atoms with E-state index in [4.69, 9.17) is 4.42 Å². The van der Waals surface area contributed by atoms with E-state index in [0.717, 1.165) is 60.9 Å². The molecule has 2 nitrogen and oxygen atoms in total. The Morgan fingerprint density at radius 3 is 1.26 bits per heavy atom. The van der Waals surface area contributed by atoms with E-state index in [1.807, 2.05) is 0 Å². The Bertz CT molecular complexity index is 2790. The second-order valence-corrected chi connectivity index (χ2v) is 13.7. The monoisotopic (exact) mass is 689 g/mol. The molecule has 0 radical (unpaired) electrons. The molecule has 1 heterocycles. The summed E-state index contributed by atoms with van der Waals surface area (Å²) in [5.41, 5.74) is 14.3. The lowest BCUT2D eigenvalue weighted by atomic mass is 9.97. The van der Waals surface area contributed by atoms with E-state index in [9.17, 15) is 0 Å². The minimum atomic E-state index is 0.886. The van der Waals surface area contributed by atoms with Crippen molar-refractivity contribution in [2.24, 2.45) is 0 Å². The fraction of sp³-hybridized carbons (Fsp3) is 0. The van der Waals surface area contributed by atoms with Crippen molar-refractivity contribution in [1.82, 2.24) is 0 Å². The van der Waals surface area contributed by atoms with Gasteiger partial charge in [0.1, 0.15) is 11.2 Å². The highest BCUT2D eigenvalue weighted by Gasteiger charge is 2.21. The van der Waals surface area contributed by atoms with Gasteiger partial charge in [-0.1, -0.05) is 170 Å². The van der Waals surface area contributed by atoms with Crippen molar-refractivity contribution in [1.29, 1.82) is 0 Å². The first-order valence-corrected chi connectivity index (χ1v) is 18.4. The lowest BCUT2D eigenvalue weighted by Crippen LogP contribution is -2.10. The summed E-state index contributed by atoms with van der Waals surface area (Å²) in [5, 5.41) is 4.47. The number of rotatable bonds is 7. The van der Waals surface area contributed by atoms with Crippen molar-refractivity contribution in [3.63, 3.8) is 0 Å². The maximum atomic E-state index is 6.92. The molecule has 0 aliphatic heterocycles. The molecular weight excluding hydrogens is 655 g/mol. The molecule has 0 aliphatic carbocycles.